The second kappa shape index (κ2) is 8.10. The van der Waals surface area contributed by atoms with E-state index in [2.05, 4.69) is 10.1 Å². The first-order valence-electron chi connectivity index (χ1n) is 7.75. The van der Waals surface area contributed by atoms with E-state index in [0.29, 0.717) is 25.1 Å². The van der Waals surface area contributed by atoms with E-state index in [1.807, 2.05) is 6.92 Å². The van der Waals surface area contributed by atoms with Crippen molar-refractivity contribution in [3.05, 3.63) is 29.8 Å². The van der Waals surface area contributed by atoms with E-state index in [9.17, 15) is 13.6 Å². The van der Waals surface area contributed by atoms with E-state index < -0.39 is 12.7 Å². The Hall–Kier alpha value is -1.89. The number of amides is 2. The van der Waals surface area contributed by atoms with E-state index in [4.69, 9.17) is 5.11 Å². The maximum atomic E-state index is 12.5. The Morgan fingerprint density at radius 3 is 2.83 bits per heavy atom. The average Bonchev–Trinajstić information content (AvgIpc) is 3.02. The molecule has 0 spiro atoms. The van der Waals surface area contributed by atoms with Gasteiger partial charge in [-0.1, -0.05) is 25.1 Å². The number of hydrogen-bond donors (Lipinski definition) is 2. The van der Waals surface area contributed by atoms with Crippen LogP contribution in [0.1, 0.15) is 31.4 Å². The molecule has 128 valence electrons. The number of benzene rings is 1. The quantitative estimate of drug-likeness (QED) is 0.844. The van der Waals surface area contributed by atoms with Gasteiger partial charge >= 0.3 is 12.6 Å². The molecule has 0 aliphatic carbocycles. The first kappa shape index (κ1) is 17.5. The summed E-state index contributed by atoms with van der Waals surface area (Å²) >= 11 is 0. The van der Waals surface area contributed by atoms with Crippen molar-refractivity contribution in [1.29, 1.82) is 0 Å². The highest BCUT2D eigenvalue weighted by molar-refractivity contribution is 5.75. The van der Waals surface area contributed by atoms with Gasteiger partial charge < -0.3 is 20.1 Å². The molecular formula is C16H22F2N2O3. The number of rotatable bonds is 6. The van der Waals surface area contributed by atoms with Crippen molar-refractivity contribution < 1.29 is 23.4 Å². The standard InChI is InChI=1S/C16H22F2N2O3/c1-2-13(12-5-3-4-6-14(12)23-15(17)18)19-16(22)20-8-7-11(9-20)10-21/h3-6,11,13,15,21H,2,7-10H2,1H3,(H,19,22). The summed E-state index contributed by atoms with van der Waals surface area (Å²) < 4.78 is 29.6. The molecule has 0 radical (unpaired) electrons. The van der Waals surface area contributed by atoms with Gasteiger partial charge in [-0.15, -0.1) is 0 Å². The number of carbonyl (C=O) groups is 1. The van der Waals surface area contributed by atoms with E-state index in [0.717, 1.165) is 6.42 Å². The van der Waals surface area contributed by atoms with Gasteiger partial charge in [-0.25, -0.2) is 4.79 Å². The summed E-state index contributed by atoms with van der Waals surface area (Å²) in [5, 5.41) is 12.0. The molecule has 2 amide bonds. The van der Waals surface area contributed by atoms with Crippen LogP contribution in [0.5, 0.6) is 5.75 Å². The van der Waals surface area contributed by atoms with Crippen LogP contribution in [0.3, 0.4) is 0 Å². The number of para-hydroxylation sites is 1. The molecule has 1 aliphatic rings. The van der Waals surface area contributed by atoms with Crippen molar-refractivity contribution in [2.24, 2.45) is 5.92 Å². The minimum atomic E-state index is -2.91. The smallest absolute Gasteiger partial charge is 0.387 e. The Bertz CT molecular complexity index is 528. The number of alkyl halides is 2. The summed E-state index contributed by atoms with van der Waals surface area (Å²) in [5.74, 6) is 0.180. The minimum absolute atomic E-state index is 0.0616. The minimum Gasteiger partial charge on any atom is -0.434 e. The molecule has 2 atom stereocenters. The van der Waals surface area contributed by atoms with Gasteiger partial charge in [-0.2, -0.15) is 8.78 Å². The van der Waals surface area contributed by atoms with Crippen molar-refractivity contribution in [2.75, 3.05) is 19.7 Å². The fourth-order valence-corrected chi connectivity index (χ4v) is 2.78. The van der Waals surface area contributed by atoms with Crippen molar-refractivity contribution in [3.8, 4) is 5.75 Å². The normalized spacial score (nSPS) is 19.0. The Morgan fingerprint density at radius 1 is 1.48 bits per heavy atom. The zero-order valence-electron chi connectivity index (χ0n) is 13.0. The predicted molar refractivity (Wildman–Crippen MR) is 81.4 cm³/mol. The van der Waals surface area contributed by atoms with Crippen LogP contribution in [0.2, 0.25) is 0 Å². The lowest BCUT2D eigenvalue weighted by atomic mass is 10.0. The third-order valence-corrected chi connectivity index (χ3v) is 4.05. The summed E-state index contributed by atoms with van der Waals surface area (Å²) in [5.41, 5.74) is 0.529. The summed E-state index contributed by atoms with van der Waals surface area (Å²) in [6, 6.07) is 5.81. The molecule has 1 fully saturated rings. The fourth-order valence-electron chi connectivity index (χ4n) is 2.78. The molecule has 1 aromatic rings. The Kier molecular flexibility index (Phi) is 6.15. The van der Waals surface area contributed by atoms with Crippen LogP contribution in [0.25, 0.3) is 0 Å². The second-order valence-corrected chi connectivity index (χ2v) is 5.61. The molecule has 5 nitrogen and oxygen atoms in total. The topological polar surface area (TPSA) is 61.8 Å². The molecule has 0 bridgehead atoms. The average molecular weight is 328 g/mol. The van der Waals surface area contributed by atoms with Crippen LogP contribution in [0.15, 0.2) is 24.3 Å². The van der Waals surface area contributed by atoms with Crippen LogP contribution in [-0.2, 0) is 0 Å². The van der Waals surface area contributed by atoms with E-state index in [1.54, 1.807) is 23.1 Å². The molecule has 23 heavy (non-hydrogen) atoms. The van der Waals surface area contributed by atoms with Crippen molar-refractivity contribution >= 4 is 6.03 Å². The summed E-state index contributed by atoms with van der Waals surface area (Å²) in [7, 11) is 0. The number of aliphatic hydroxyl groups is 1. The monoisotopic (exact) mass is 328 g/mol. The third-order valence-electron chi connectivity index (χ3n) is 4.05. The molecule has 2 unspecified atom stereocenters. The number of likely N-dealkylation sites (tertiary alicyclic amines) is 1. The first-order chi connectivity index (χ1) is 11.0. The highest BCUT2D eigenvalue weighted by Gasteiger charge is 2.27. The number of nitrogens with zero attached hydrogens (tertiary/aromatic N) is 1. The highest BCUT2D eigenvalue weighted by Crippen LogP contribution is 2.29. The summed E-state index contributed by atoms with van der Waals surface area (Å²) in [6.45, 7) is 0.112. The van der Waals surface area contributed by atoms with Gasteiger partial charge in [-0.05, 0) is 18.9 Å². The maximum absolute atomic E-state index is 12.5. The highest BCUT2D eigenvalue weighted by atomic mass is 19.3. The zero-order chi connectivity index (χ0) is 16.8. The van der Waals surface area contributed by atoms with Crippen LogP contribution >= 0.6 is 0 Å². The molecule has 2 rings (SSSR count). The first-order valence-corrected chi connectivity index (χ1v) is 7.75. The van der Waals surface area contributed by atoms with Gasteiger partial charge in [0.1, 0.15) is 5.75 Å². The Morgan fingerprint density at radius 2 is 2.22 bits per heavy atom. The SMILES string of the molecule is CCC(NC(=O)N1CCC(CO)C1)c1ccccc1OC(F)F. The third kappa shape index (κ3) is 4.54. The molecular weight excluding hydrogens is 306 g/mol. The van der Waals surface area contributed by atoms with Gasteiger partial charge in [0, 0.05) is 31.2 Å². The molecule has 1 aliphatic heterocycles. The lowest BCUT2D eigenvalue weighted by Crippen LogP contribution is -2.40. The van der Waals surface area contributed by atoms with E-state index >= 15 is 0 Å². The number of ether oxygens (including phenoxy) is 1. The lowest BCUT2D eigenvalue weighted by Gasteiger charge is -2.24. The van der Waals surface area contributed by atoms with Gasteiger partial charge in [0.05, 0.1) is 6.04 Å². The Labute approximate surface area is 134 Å². The number of aliphatic hydroxyl groups excluding tert-OH is 1. The molecule has 7 heteroatoms. The van der Waals surface area contributed by atoms with Crippen LogP contribution in [0, 0.1) is 5.92 Å². The maximum Gasteiger partial charge on any atom is 0.387 e. The van der Waals surface area contributed by atoms with Gasteiger partial charge in [-0.3, -0.25) is 0 Å². The molecule has 0 saturated carbocycles. The zero-order valence-corrected chi connectivity index (χ0v) is 13.0. The molecule has 1 saturated heterocycles. The molecule has 2 N–H and O–H groups in total. The lowest BCUT2D eigenvalue weighted by molar-refractivity contribution is -0.0507. The van der Waals surface area contributed by atoms with Crippen molar-refractivity contribution in [1.82, 2.24) is 10.2 Å². The van der Waals surface area contributed by atoms with Crippen molar-refractivity contribution in [3.63, 3.8) is 0 Å². The number of urea groups is 1. The Balaban J connectivity index is 2.07. The van der Waals surface area contributed by atoms with Crippen molar-refractivity contribution in [2.45, 2.75) is 32.4 Å². The van der Waals surface area contributed by atoms with Crippen LogP contribution in [0.4, 0.5) is 13.6 Å². The van der Waals surface area contributed by atoms with Gasteiger partial charge in [0.2, 0.25) is 0 Å². The fraction of sp³-hybridized carbons (Fsp3) is 0.562. The van der Waals surface area contributed by atoms with Gasteiger partial charge in [0.15, 0.2) is 0 Å². The van der Waals surface area contributed by atoms with E-state index in [1.165, 1.54) is 6.07 Å². The largest absolute Gasteiger partial charge is 0.434 e. The number of halogens is 2. The second-order valence-electron chi connectivity index (χ2n) is 5.61. The van der Waals surface area contributed by atoms with Crippen LogP contribution < -0.4 is 10.1 Å². The molecule has 1 heterocycles. The predicted octanol–water partition coefficient (Wildman–Crippen LogP) is 2.76. The molecule has 1 aromatic carbocycles. The molecule has 0 aromatic heterocycles. The van der Waals surface area contributed by atoms with Crippen LogP contribution in [-0.4, -0.2) is 42.3 Å². The number of carbonyl (C=O) groups excluding carboxylic acids is 1. The summed E-state index contributed by atoms with van der Waals surface area (Å²) in [6.07, 6.45) is 1.32. The van der Waals surface area contributed by atoms with E-state index in [-0.39, 0.29) is 24.3 Å². The summed E-state index contributed by atoms with van der Waals surface area (Å²) in [4.78, 5) is 14.0. The van der Waals surface area contributed by atoms with Gasteiger partial charge in [0.25, 0.3) is 0 Å². The number of hydrogen-bond acceptors (Lipinski definition) is 3. The number of nitrogens with one attached hydrogen (secondary N) is 1.